The first-order valence-electron chi connectivity index (χ1n) is 12.4. The molecule has 9 nitrogen and oxygen atoms in total. The molecule has 202 valence electrons. The van der Waals surface area contributed by atoms with Crippen LogP contribution in [0.2, 0.25) is 0 Å². The topological polar surface area (TPSA) is 126 Å². The quantitative estimate of drug-likeness (QED) is 0.318. The number of halogens is 1. The number of piperidine rings is 1. The highest BCUT2D eigenvalue weighted by atomic mass is 19.1. The molecule has 1 fully saturated rings. The van der Waals surface area contributed by atoms with Crippen molar-refractivity contribution in [2.24, 2.45) is 5.92 Å². The van der Waals surface area contributed by atoms with Crippen molar-refractivity contribution in [3.63, 3.8) is 0 Å². The summed E-state index contributed by atoms with van der Waals surface area (Å²) in [5.74, 6) is -0.921. The SMILES string of the molecule is O=C(O)C(=O)O.OCCCCCCN1CC[C@@H](c2ccc(F)cc2)[C@H](COc2ccc3c(c2)OCO3)C1. The molecule has 0 aliphatic carbocycles. The maximum absolute atomic E-state index is 13.4. The van der Waals surface area contributed by atoms with Gasteiger partial charge in [0.15, 0.2) is 11.5 Å². The Kier molecular flexibility index (Phi) is 11.0. The standard InChI is InChI=1S/C25H32FNO4.C2H2O4/c26-21-7-5-19(6-8-21)23-11-13-27(12-3-1-2-4-14-28)16-20(23)17-29-22-9-10-24-25(15-22)31-18-30-24;3-1(4)2(5)6/h5-10,15,20,23,28H,1-4,11-14,16-18H2;(H,3,4)(H,5,6)/t20-,23-;/m0./s1. The van der Waals surface area contributed by atoms with Gasteiger partial charge >= 0.3 is 11.9 Å². The number of hydrogen-bond donors (Lipinski definition) is 3. The van der Waals surface area contributed by atoms with Gasteiger partial charge in [-0.25, -0.2) is 14.0 Å². The van der Waals surface area contributed by atoms with Gasteiger partial charge < -0.3 is 34.4 Å². The minimum atomic E-state index is -1.82. The second-order valence-corrected chi connectivity index (χ2v) is 9.08. The van der Waals surface area contributed by atoms with Gasteiger partial charge in [0.2, 0.25) is 6.79 Å². The van der Waals surface area contributed by atoms with E-state index in [0.29, 0.717) is 18.4 Å². The lowest BCUT2D eigenvalue weighted by Crippen LogP contribution is -2.42. The van der Waals surface area contributed by atoms with Crippen LogP contribution in [-0.4, -0.2) is 71.8 Å². The van der Waals surface area contributed by atoms with E-state index in [1.165, 1.54) is 5.56 Å². The molecule has 0 aromatic heterocycles. The predicted molar refractivity (Wildman–Crippen MR) is 133 cm³/mol. The monoisotopic (exact) mass is 519 g/mol. The molecular formula is C27H34FNO8. The van der Waals surface area contributed by atoms with Crippen molar-refractivity contribution in [1.29, 1.82) is 0 Å². The third-order valence-corrected chi connectivity index (χ3v) is 6.49. The van der Waals surface area contributed by atoms with Gasteiger partial charge in [-0.2, -0.15) is 0 Å². The summed E-state index contributed by atoms with van der Waals surface area (Å²) < 4.78 is 30.5. The van der Waals surface area contributed by atoms with Crippen molar-refractivity contribution >= 4 is 11.9 Å². The second-order valence-electron chi connectivity index (χ2n) is 9.08. The fourth-order valence-corrected chi connectivity index (χ4v) is 4.60. The summed E-state index contributed by atoms with van der Waals surface area (Å²) in [6.45, 7) is 4.21. The Morgan fingerprint density at radius 2 is 1.68 bits per heavy atom. The Hall–Kier alpha value is -3.37. The summed E-state index contributed by atoms with van der Waals surface area (Å²) in [5, 5.41) is 23.7. The van der Waals surface area contributed by atoms with Crippen LogP contribution in [0.15, 0.2) is 42.5 Å². The Bertz CT molecular complexity index is 1000. The van der Waals surface area contributed by atoms with E-state index in [2.05, 4.69) is 4.90 Å². The van der Waals surface area contributed by atoms with Crippen LogP contribution in [0.1, 0.15) is 43.6 Å². The molecule has 2 aromatic rings. The molecule has 2 aromatic carbocycles. The van der Waals surface area contributed by atoms with Crippen LogP contribution in [0.3, 0.4) is 0 Å². The number of aliphatic hydroxyl groups is 1. The zero-order valence-electron chi connectivity index (χ0n) is 20.7. The van der Waals surface area contributed by atoms with Crippen LogP contribution in [0, 0.1) is 11.7 Å². The highest BCUT2D eigenvalue weighted by molar-refractivity contribution is 6.27. The van der Waals surface area contributed by atoms with Crippen molar-refractivity contribution in [1.82, 2.24) is 4.90 Å². The number of benzene rings is 2. The van der Waals surface area contributed by atoms with Crippen LogP contribution >= 0.6 is 0 Å². The number of hydrogen-bond acceptors (Lipinski definition) is 7. The fraction of sp³-hybridized carbons (Fsp3) is 0.481. The van der Waals surface area contributed by atoms with Crippen molar-refractivity contribution in [3.8, 4) is 17.2 Å². The highest BCUT2D eigenvalue weighted by Gasteiger charge is 2.31. The number of nitrogens with zero attached hydrogens (tertiary/aromatic N) is 1. The van der Waals surface area contributed by atoms with Gasteiger partial charge in [-0.15, -0.1) is 0 Å². The van der Waals surface area contributed by atoms with Crippen molar-refractivity contribution in [2.45, 2.75) is 38.0 Å². The number of ether oxygens (including phenoxy) is 3. The van der Waals surface area contributed by atoms with Crippen molar-refractivity contribution < 1.29 is 43.5 Å². The van der Waals surface area contributed by atoms with Gasteiger partial charge in [0.25, 0.3) is 0 Å². The normalized spacial score (nSPS) is 18.5. The minimum absolute atomic E-state index is 0.197. The van der Waals surface area contributed by atoms with E-state index in [4.69, 9.17) is 39.1 Å². The maximum atomic E-state index is 13.4. The van der Waals surface area contributed by atoms with Gasteiger partial charge in [0.05, 0.1) is 6.61 Å². The van der Waals surface area contributed by atoms with Gasteiger partial charge in [0.1, 0.15) is 11.6 Å². The number of likely N-dealkylation sites (tertiary alicyclic amines) is 1. The maximum Gasteiger partial charge on any atom is 0.414 e. The molecule has 2 atom stereocenters. The van der Waals surface area contributed by atoms with E-state index in [1.54, 1.807) is 12.1 Å². The van der Waals surface area contributed by atoms with Crippen LogP contribution in [0.4, 0.5) is 4.39 Å². The van der Waals surface area contributed by atoms with E-state index in [-0.39, 0.29) is 19.2 Å². The van der Waals surface area contributed by atoms with E-state index in [0.717, 1.165) is 69.0 Å². The number of aliphatic hydroxyl groups excluding tert-OH is 1. The summed E-state index contributed by atoms with van der Waals surface area (Å²) in [6.07, 6.45) is 5.31. The Labute approximate surface area is 215 Å². The van der Waals surface area contributed by atoms with Crippen molar-refractivity contribution in [2.75, 3.05) is 39.6 Å². The molecule has 0 unspecified atom stereocenters. The number of fused-ring (bicyclic) bond motifs is 1. The Morgan fingerprint density at radius 1 is 0.973 bits per heavy atom. The predicted octanol–water partition coefficient (Wildman–Crippen LogP) is 3.75. The van der Waals surface area contributed by atoms with Gasteiger partial charge in [-0.05, 0) is 68.1 Å². The molecule has 0 saturated carbocycles. The van der Waals surface area contributed by atoms with Gasteiger partial charge in [-0.1, -0.05) is 25.0 Å². The molecule has 2 heterocycles. The summed E-state index contributed by atoms with van der Waals surface area (Å²) in [6, 6.07) is 12.6. The number of aliphatic carboxylic acids is 2. The molecule has 1 saturated heterocycles. The molecule has 3 N–H and O–H groups in total. The summed E-state index contributed by atoms with van der Waals surface area (Å²) in [4.78, 5) is 20.7. The average molecular weight is 520 g/mol. The summed E-state index contributed by atoms with van der Waals surface area (Å²) in [7, 11) is 0. The third-order valence-electron chi connectivity index (χ3n) is 6.49. The molecule has 4 rings (SSSR count). The number of carboxylic acid groups (broad SMARTS) is 2. The van der Waals surface area contributed by atoms with E-state index >= 15 is 0 Å². The average Bonchev–Trinajstić information content (AvgIpc) is 3.36. The number of rotatable bonds is 10. The Morgan fingerprint density at radius 3 is 2.38 bits per heavy atom. The number of carboxylic acids is 2. The zero-order valence-corrected chi connectivity index (χ0v) is 20.7. The van der Waals surface area contributed by atoms with Crippen LogP contribution < -0.4 is 14.2 Å². The summed E-state index contributed by atoms with van der Waals surface area (Å²) >= 11 is 0. The zero-order chi connectivity index (χ0) is 26.6. The lowest BCUT2D eigenvalue weighted by molar-refractivity contribution is -0.159. The smallest absolute Gasteiger partial charge is 0.414 e. The highest BCUT2D eigenvalue weighted by Crippen LogP contribution is 2.37. The third kappa shape index (κ3) is 8.91. The van der Waals surface area contributed by atoms with Crippen LogP contribution in [0.25, 0.3) is 0 Å². The minimum Gasteiger partial charge on any atom is -0.493 e. The van der Waals surface area contributed by atoms with Crippen molar-refractivity contribution in [3.05, 3.63) is 53.8 Å². The second kappa shape index (κ2) is 14.4. The molecule has 10 heteroatoms. The number of unbranched alkanes of at least 4 members (excludes halogenated alkanes) is 3. The first kappa shape index (κ1) is 28.2. The lowest BCUT2D eigenvalue weighted by Gasteiger charge is -2.39. The lowest BCUT2D eigenvalue weighted by atomic mass is 9.80. The van der Waals surface area contributed by atoms with Crippen LogP contribution in [0.5, 0.6) is 17.2 Å². The van der Waals surface area contributed by atoms with Gasteiger partial charge in [0, 0.05) is 25.1 Å². The van der Waals surface area contributed by atoms with Gasteiger partial charge in [-0.3, -0.25) is 0 Å². The fourth-order valence-electron chi connectivity index (χ4n) is 4.60. The molecule has 2 aliphatic rings. The van der Waals surface area contributed by atoms with Crippen LogP contribution in [-0.2, 0) is 9.59 Å². The molecule has 0 amide bonds. The first-order valence-corrected chi connectivity index (χ1v) is 12.4. The van der Waals surface area contributed by atoms with E-state index in [9.17, 15) is 4.39 Å². The molecule has 2 aliphatic heterocycles. The molecule has 0 bridgehead atoms. The van der Waals surface area contributed by atoms with E-state index in [1.807, 2.05) is 30.3 Å². The molecule has 0 radical (unpaired) electrons. The molecule has 37 heavy (non-hydrogen) atoms. The van der Waals surface area contributed by atoms with E-state index < -0.39 is 11.9 Å². The first-order chi connectivity index (χ1) is 17.9. The number of carbonyl (C=O) groups is 2. The molecular weight excluding hydrogens is 485 g/mol. The largest absolute Gasteiger partial charge is 0.493 e. The Balaban J connectivity index is 0.000000568. The summed E-state index contributed by atoms with van der Waals surface area (Å²) in [5.41, 5.74) is 1.18. The molecule has 0 spiro atoms.